The van der Waals surface area contributed by atoms with Crippen molar-refractivity contribution >= 4 is 27.6 Å². The SMILES string of the molecule is O=C(O)CCS(=O)(=O)NCc1ccccc1Cl. The minimum Gasteiger partial charge on any atom is -0.481 e. The first-order chi connectivity index (χ1) is 7.91. The first-order valence-electron chi connectivity index (χ1n) is 4.83. The molecule has 0 saturated heterocycles. The van der Waals surface area contributed by atoms with Crippen LogP contribution in [0.1, 0.15) is 12.0 Å². The van der Waals surface area contributed by atoms with E-state index < -0.39 is 28.2 Å². The summed E-state index contributed by atoms with van der Waals surface area (Å²) in [5.74, 6) is -1.58. The predicted molar refractivity (Wildman–Crippen MR) is 64.3 cm³/mol. The van der Waals surface area contributed by atoms with Gasteiger partial charge in [0.2, 0.25) is 10.0 Å². The second-order valence-corrected chi connectivity index (χ2v) is 5.71. The molecule has 0 aliphatic rings. The molecule has 0 saturated carbocycles. The predicted octanol–water partition coefficient (Wildman–Crippen LogP) is 1.23. The first-order valence-corrected chi connectivity index (χ1v) is 6.86. The maximum Gasteiger partial charge on any atom is 0.304 e. The molecular weight excluding hydrogens is 266 g/mol. The number of hydrogen-bond donors (Lipinski definition) is 2. The van der Waals surface area contributed by atoms with Gasteiger partial charge >= 0.3 is 5.97 Å². The Bertz CT molecular complexity index is 501. The van der Waals surface area contributed by atoms with Gasteiger partial charge in [-0.1, -0.05) is 29.8 Å². The summed E-state index contributed by atoms with van der Waals surface area (Å²) in [5.41, 5.74) is 0.646. The monoisotopic (exact) mass is 277 g/mol. The van der Waals surface area contributed by atoms with Crippen LogP contribution in [0.2, 0.25) is 5.02 Å². The molecular formula is C10H12ClNO4S. The number of sulfonamides is 1. The van der Waals surface area contributed by atoms with Crippen LogP contribution in [0.4, 0.5) is 0 Å². The molecule has 0 heterocycles. The largest absolute Gasteiger partial charge is 0.481 e. The van der Waals surface area contributed by atoms with Gasteiger partial charge in [0, 0.05) is 11.6 Å². The fourth-order valence-electron chi connectivity index (χ4n) is 1.12. The number of carbonyl (C=O) groups is 1. The van der Waals surface area contributed by atoms with Crippen molar-refractivity contribution in [3.63, 3.8) is 0 Å². The van der Waals surface area contributed by atoms with Crippen molar-refractivity contribution in [3.05, 3.63) is 34.9 Å². The molecule has 0 atom stereocenters. The molecule has 0 unspecified atom stereocenters. The first kappa shape index (κ1) is 14.0. The number of rotatable bonds is 6. The lowest BCUT2D eigenvalue weighted by atomic mass is 10.2. The molecule has 0 fully saturated rings. The minimum atomic E-state index is -3.58. The summed E-state index contributed by atoms with van der Waals surface area (Å²) < 4.78 is 25.1. The van der Waals surface area contributed by atoms with Gasteiger partial charge in [0.05, 0.1) is 12.2 Å². The maximum absolute atomic E-state index is 11.4. The number of aliphatic carboxylic acids is 1. The van der Waals surface area contributed by atoms with Crippen molar-refractivity contribution in [2.45, 2.75) is 13.0 Å². The van der Waals surface area contributed by atoms with Crippen LogP contribution in [-0.4, -0.2) is 25.2 Å². The number of hydrogen-bond acceptors (Lipinski definition) is 3. The van der Waals surface area contributed by atoms with Crippen molar-refractivity contribution < 1.29 is 18.3 Å². The maximum atomic E-state index is 11.4. The van der Waals surface area contributed by atoms with E-state index in [4.69, 9.17) is 16.7 Å². The lowest BCUT2D eigenvalue weighted by Crippen LogP contribution is -2.27. The molecule has 1 rings (SSSR count). The van der Waals surface area contributed by atoms with E-state index in [1.165, 1.54) is 0 Å². The van der Waals surface area contributed by atoms with Crippen LogP contribution < -0.4 is 4.72 Å². The average Bonchev–Trinajstić information content (AvgIpc) is 2.26. The van der Waals surface area contributed by atoms with Gasteiger partial charge in [0.15, 0.2) is 0 Å². The summed E-state index contributed by atoms with van der Waals surface area (Å²) >= 11 is 5.85. The van der Waals surface area contributed by atoms with Gasteiger partial charge in [0.1, 0.15) is 0 Å². The van der Waals surface area contributed by atoms with Crippen LogP contribution in [0.3, 0.4) is 0 Å². The molecule has 1 aromatic carbocycles. The van der Waals surface area contributed by atoms with E-state index in [-0.39, 0.29) is 6.54 Å². The zero-order valence-electron chi connectivity index (χ0n) is 8.89. The highest BCUT2D eigenvalue weighted by molar-refractivity contribution is 7.89. The highest BCUT2D eigenvalue weighted by Crippen LogP contribution is 2.14. The van der Waals surface area contributed by atoms with Crippen LogP contribution in [0.15, 0.2) is 24.3 Å². The van der Waals surface area contributed by atoms with E-state index in [1.807, 2.05) is 0 Å². The van der Waals surface area contributed by atoms with E-state index in [9.17, 15) is 13.2 Å². The highest BCUT2D eigenvalue weighted by Gasteiger charge is 2.12. The van der Waals surface area contributed by atoms with Crippen molar-refractivity contribution in [2.75, 3.05) is 5.75 Å². The quantitative estimate of drug-likeness (QED) is 0.819. The van der Waals surface area contributed by atoms with Gasteiger partial charge < -0.3 is 5.11 Å². The second kappa shape index (κ2) is 6.00. The lowest BCUT2D eigenvalue weighted by Gasteiger charge is -2.06. The van der Waals surface area contributed by atoms with Crippen molar-refractivity contribution in [3.8, 4) is 0 Å². The molecule has 2 N–H and O–H groups in total. The Morgan fingerprint density at radius 1 is 1.35 bits per heavy atom. The molecule has 5 nitrogen and oxygen atoms in total. The minimum absolute atomic E-state index is 0.0572. The number of nitrogens with one attached hydrogen (secondary N) is 1. The highest BCUT2D eigenvalue weighted by atomic mass is 35.5. The van der Waals surface area contributed by atoms with Crippen LogP contribution in [0.25, 0.3) is 0 Å². The van der Waals surface area contributed by atoms with Gasteiger partial charge in [-0.25, -0.2) is 13.1 Å². The number of halogens is 1. The molecule has 94 valence electrons. The standard InChI is InChI=1S/C10H12ClNO4S/c11-9-4-2-1-3-8(9)7-12-17(15,16)6-5-10(13)14/h1-4,12H,5-7H2,(H,13,14). The second-order valence-electron chi connectivity index (χ2n) is 3.38. The Balaban J connectivity index is 2.56. The number of benzene rings is 1. The Hall–Kier alpha value is -1.11. The smallest absolute Gasteiger partial charge is 0.304 e. The van der Waals surface area contributed by atoms with Gasteiger partial charge in [-0.15, -0.1) is 0 Å². The van der Waals surface area contributed by atoms with Crippen molar-refractivity contribution in [2.24, 2.45) is 0 Å². The number of carboxylic acids is 1. The number of carboxylic acid groups (broad SMARTS) is 1. The molecule has 7 heteroatoms. The molecule has 0 spiro atoms. The molecule has 17 heavy (non-hydrogen) atoms. The molecule has 1 aromatic rings. The van der Waals surface area contributed by atoms with Crippen LogP contribution in [-0.2, 0) is 21.4 Å². The Labute approximate surface area is 104 Å². The molecule has 0 bridgehead atoms. The summed E-state index contributed by atoms with van der Waals surface area (Å²) in [5, 5.41) is 8.86. The topological polar surface area (TPSA) is 83.5 Å². The molecule has 0 aliphatic carbocycles. The van der Waals surface area contributed by atoms with E-state index in [2.05, 4.69) is 4.72 Å². The van der Waals surface area contributed by atoms with Crippen molar-refractivity contribution in [1.82, 2.24) is 4.72 Å². The Kier molecular flexibility index (Phi) is 4.92. The third-order valence-electron chi connectivity index (χ3n) is 2.03. The van der Waals surface area contributed by atoms with Gasteiger partial charge in [-0.05, 0) is 11.6 Å². The van der Waals surface area contributed by atoms with Crippen LogP contribution >= 0.6 is 11.6 Å². The summed E-state index contributed by atoms with van der Waals surface area (Å²) in [6, 6.07) is 6.84. The van der Waals surface area contributed by atoms with Gasteiger partial charge in [-0.3, -0.25) is 4.79 Å². The molecule has 0 radical (unpaired) electrons. The Morgan fingerprint density at radius 2 is 2.00 bits per heavy atom. The third kappa shape index (κ3) is 5.16. The molecule has 0 aliphatic heterocycles. The zero-order chi connectivity index (χ0) is 12.9. The lowest BCUT2D eigenvalue weighted by molar-refractivity contribution is -0.136. The van der Waals surface area contributed by atoms with Crippen LogP contribution in [0.5, 0.6) is 0 Å². The van der Waals surface area contributed by atoms with E-state index >= 15 is 0 Å². The molecule has 0 aromatic heterocycles. The van der Waals surface area contributed by atoms with Crippen molar-refractivity contribution in [1.29, 1.82) is 0 Å². The summed E-state index contributed by atoms with van der Waals surface area (Å²) in [7, 11) is -3.58. The van der Waals surface area contributed by atoms with E-state index in [1.54, 1.807) is 24.3 Å². The fraction of sp³-hybridized carbons (Fsp3) is 0.300. The van der Waals surface area contributed by atoms with Crippen LogP contribution in [0, 0.1) is 0 Å². The fourth-order valence-corrected chi connectivity index (χ4v) is 2.29. The zero-order valence-corrected chi connectivity index (χ0v) is 10.5. The summed E-state index contributed by atoms with van der Waals surface area (Å²) in [6.07, 6.45) is -0.419. The van der Waals surface area contributed by atoms with E-state index in [0.717, 1.165) is 0 Å². The normalized spacial score (nSPS) is 11.4. The third-order valence-corrected chi connectivity index (χ3v) is 3.72. The van der Waals surface area contributed by atoms with E-state index in [0.29, 0.717) is 10.6 Å². The van der Waals surface area contributed by atoms with Gasteiger partial charge in [0.25, 0.3) is 0 Å². The summed E-state index contributed by atoms with van der Waals surface area (Å²) in [4.78, 5) is 10.3. The summed E-state index contributed by atoms with van der Waals surface area (Å²) in [6.45, 7) is 0.0572. The Morgan fingerprint density at radius 3 is 2.59 bits per heavy atom. The van der Waals surface area contributed by atoms with Gasteiger partial charge in [-0.2, -0.15) is 0 Å². The molecule has 0 amide bonds. The average molecular weight is 278 g/mol.